The molecule has 0 fully saturated rings. The predicted octanol–water partition coefficient (Wildman–Crippen LogP) is 4.36. The Morgan fingerprint density at radius 2 is 1.89 bits per heavy atom. The van der Waals surface area contributed by atoms with Crippen LogP contribution in [-0.4, -0.2) is 16.7 Å². The van der Waals surface area contributed by atoms with Gasteiger partial charge in [0.15, 0.2) is 0 Å². The van der Waals surface area contributed by atoms with Crippen molar-refractivity contribution in [2.75, 3.05) is 7.11 Å². The quantitative estimate of drug-likeness (QED) is 0.479. The van der Waals surface area contributed by atoms with Crippen molar-refractivity contribution in [1.82, 2.24) is 9.55 Å². The van der Waals surface area contributed by atoms with Crippen LogP contribution in [-0.2, 0) is 13.0 Å². The van der Waals surface area contributed by atoms with E-state index < -0.39 is 0 Å². The first-order chi connectivity index (χ1) is 13.7. The lowest BCUT2D eigenvalue weighted by Crippen LogP contribution is -2.25. The number of terminal acetylenes is 1. The van der Waals surface area contributed by atoms with Crippen LogP contribution in [0.1, 0.15) is 11.4 Å². The first kappa shape index (κ1) is 18.0. The first-order valence-corrected chi connectivity index (χ1v) is 9.72. The van der Waals surface area contributed by atoms with E-state index in [1.807, 2.05) is 60.0 Å². The largest absolute Gasteiger partial charge is 0.496 e. The molecule has 0 aliphatic rings. The third kappa shape index (κ3) is 3.19. The molecule has 0 unspecified atom stereocenters. The van der Waals surface area contributed by atoms with Crippen molar-refractivity contribution in [3.05, 3.63) is 81.7 Å². The molecule has 138 valence electrons. The fourth-order valence-corrected chi connectivity index (χ4v) is 4.26. The van der Waals surface area contributed by atoms with E-state index in [4.69, 9.17) is 16.1 Å². The van der Waals surface area contributed by atoms with Crippen LogP contribution < -0.4 is 10.3 Å². The third-order valence-electron chi connectivity index (χ3n) is 4.65. The molecule has 4 aromatic rings. The Morgan fingerprint density at radius 3 is 2.64 bits per heavy atom. The zero-order chi connectivity index (χ0) is 19.5. The number of hydrogen-bond donors (Lipinski definition) is 0. The zero-order valence-corrected chi connectivity index (χ0v) is 16.2. The fourth-order valence-electron chi connectivity index (χ4n) is 3.31. The van der Waals surface area contributed by atoms with Crippen molar-refractivity contribution in [2.45, 2.75) is 13.0 Å². The first-order valence-electron chi connectivity index (χ1n) is 8.84. The molecule has 5 heteroatoms. The molecular weight excluding hydrogens is 368 g/mol. The number of ether oxygens (including phenoxy) is 1. The van der Waals surface area contributed by atoms with Crippen molar-refractivity contribution < 1.29 is 4.74 Å². The molecular formula is C23H18N2O2S. The molecule has 0 atom stereocenters. The van der Waals surface area contributed by atoms with Gasteiger partial charge in [-0.05, 0) is 11.6 Å². The van der Waals surface area contributed by atoms with Crippen LogP contribution in [0.4, 0.5) is 0 Å². The minimum atomic E-state index is -0.104. The molecule has 2 heterocycles. The summed E-state index contributed by atoms with van der Waals surface area (Å²) in [6.07, 6.45) is 6.02. The minimum Gasteiger partial charge on any atom is -0.496 e. The average Bonchev–Trinajstić information content (AvgIpc) is 3.16. The van der Waals surface area contributed by atoms with Gasteiger partial charge in [-0.2, -0.15) is 0 Å². The molecule has 0 saturated carbocycles. The number of methoxy groups -OCH3 is 1. The fraction of sp³-hybridized carbons (Fsp3) is 0.130. The Morgan fingerprint density at radius 1 is 1.14 bits per heavy atom. The van der Waals surface area contributed by atoms with Crippen LogP contribution in [0.3, 0.4) is 0 Å². The normalized spacial score (nSPS) is 10.7. The number of aromatic nitrogens is 2. The average molecular weight is 386 g/mol. The number of fused-ring (bicyclic) bond motifs is 1. The summed E-state index contributed by atoms with van der Waals surface area (Å²) < 4.78 is 7.04. The summed E-state index contributed by atoms with van der Waals surface area (Å²) in [5.74, 6) is 4.00. The molecule has 0 radical (unpaired) electrons. The second-order valence-corrected chi connectivity index (χ2v) is 7.17. The van der Waals surface area contributed by atoms with Gasteiger partial charge in [0, 0.05) is 22.9 Å². The summed E-state index contributed by atoms with van der Waals surface area (Å²) in [7, 11) is 1.63. The standard InChI is InChI=1S/C23H18N2O2S/c1-3-13-25-20(14-17-11-7-8-12-19(17)27-2)24-22-21(23(25)26)18(15-28-22)16-9-5-4-6-10-16/h1,4-12,15H,13-14H2,2H3. The van der Waals surface area contributed by atoms with Gasteiger partial charge in [0.2, 0.25) is 0 Å². The monoisotopic (exact) mass is 386 g/mol. The van der Waals surface area contributed by atoms with E-state index in [0.717, 1.165) is 27.3 Å². The van der Waals surface area contributed by atoms with Gasteiger partial charge in [-0.3, -0.25) is 9.36 Å². The number of hydrogen-bond acceptors (Lipinski definition) is 4. The van der Waals surface area contributed by atoms with E-state index in [-0.39, 0.29) is 12.1 Å². The van der Waals surface area contributed by atoms with Crippen molar-refractivity contribution in [2.24, 2.45) is 0 Å². The molecule has 0 spiro atoms. The van der Waals surface area contributed by atoms with Gasteiger partial charge >= 0.3 is 0 Å². The van der Waals surface area contributed by atoms with Crippen LogP contribution in [0.2, 0.25) is 0 Å². The number of thiophene rings is 1. The van der Waals surface area contributed by atoms with Crippen molar-refractivity contribution >= 4 is 21.6 Å². The SMILES string of the molecule is C#CCn1c(Cc2ccccc2OC)nc2scc(-c3ccccc3)c2c1=O. The summed E-state index contributed by atoms with van der Waals surface area (Å²) in [4.78, 5) is 18.9. The molecule has 0 bridgehead atoms. The Hall–Kier alpha value is -3.36. The molecule has 4 rings (SSSR count). The highest BCUT2D eigenvalue weighted by atomic mass is 32.1. The third-order valence-corrected chi connectivity index (χ3v) is 5.52. The smallest absolute Gasteiger partial charge is 0.263 e. The maximum absolute atomic E-state index is 13.3. The van der Waals surface area contributed by atoms with E-state index in [9.17, 15) is 4.79 Å². The number of nitrogens with zero attached hydrogens (tertiary/aromatic N) is 2. The second-order valence-electron chi connectivity index (χ2n) is 6.31. The van der Waals surface area contributed by atoms with E-state index in [0.29, 0.717) is 17.6 Å². The van der Waals surface area contributed by atoms with Gasteiger partial charge in [-0.25, -0.2) is 4.98 Å². The molecule has 0 aliphatic heterocycles. The summed E-state index contributed by atoms with van der Waals surface area (Å²) in [5.41, 5.74) is 2.75. The number of rotatable bonds is 5. The zero-order valence-electron chi connectivity index (χ0n) is 15.4. The highest BCUT2D eigenvalue weighted by Crippen LogP contribution is 2.31. The van der Waals surface area contributed by atoms with Crippen LogP contribution in [0.15, 0.2) is 64.8 Å². The van der Waals surface area contributed by atoms with Crippen LogP contribution in [0, 0.1) is 12.3 Å². The molecule has 0 amide bonds. The molecule has 4 nitrogen and oxygen atoms in total. The van der Waals surface area contributed by atoms with E-state index in [1.54, 1.807) is 11.7 Å². The van der Waals surface area contributed by atoms with E-state index in [2.05, 4.69) is 5.92 Å². The lowest BCUT2D eigenvalue weighted by molar-refractivity contribution is 0.410. The maximum Gasteiger partial charge on any atom is 0.263 e. The molecule has 0 aliphatic carbocycles. The van der Waals surface area contributed by atoms with Gasteiger partial charge in [-0.15, -0.1) is 17.8 Å². The van der Waals surface area contributed by atoms with E-state index in [1.165, 1.54) is 11.3 Å². The van der Waals surface area contributed by atoms with Crippen LogP contribution in [0.25, 0.3) is 21.3 Å². The Kier molecular flexibility index (Phi) is 4.96. The van der Waals surface area contributed by atoms with Crippen molar-refractivity contribution in [3.8, 4) is 29.2 Å². The van der Waals surface area contributed by atoms with Crippen LogP contribution in [0.5, 0.6) is 5.75 Å². The Balaban J connectivity index is 1.90. The minimum absolute atomic E-state index is 0.104. The summed E-state index contributed by atoms with van der Waals surface area (Å²) in [5, 5.41) is 2.61. The van der Waals surface area contributed by atoms with Crippen LogP contribution >= 0.6 is 11.3 Å². The molecule has 28 heavy (non-hydrogen) atoms. The molecule has 2 aromatic carbocycles. The van der Waals surface area contributed by atoms with Crippen molar-refractivity contribution in [1.29, 1.82) is 0 Å². The van der Waals surface area contributed by atoms with Gasteiger partial charge in [0.25, 0.3) is 5.56 Å². The Labute approximate surface area is 167 Å². The lowest BCUT2D eigenvalue weighted by atomic mass is 10.1. The molecule has 0 saturated heterocycles. The summed E-state index contributed by atoms with van der Waals surface area (Å²) in [6, 6.07) is 17.6. The van der Waals surface area contributed by atoms with Gasteiger partial charge in [0.05, 0.1) is 19.0 Å². The topological polar surface area (TPSA) is 44.1 Å². The summed E-state index contributed by atoms with van der Waals surface area (Å²) >= 11 is 1.48. The molecule has 2 aromatic heterocycles. The van der Waals surface area contributed by atoms with E-state index >= 15 is 0 Å². The highest BCUT2D eigenvalue weighted by Gasteiger charge is 2.17. The highest BCUT2D eigenvalue weighted by molar-refractivity contribution is 7.17. The second kappa shape index (κ2) is 7.71. The van der Waals surface area contributed by atoms with Crippen molar-refractivity contribution in [3.63, 3.8) is 0 Å². The van der Waals surface area contributed by atoms with Gasteiger partial charge in [0.1, 0.15) is 16.4 Å². The molecule has 0 N–H and O–H groups in total. The van der Waals surface area contributed by atoms with Gasteiger partial charge in [-0.1, -0.05) is 54.5 Å². The Bertz CT molecular complexity index is 1230. The van der Waals surface area contributed by atoms with Gasteiger partial charge < -0.3 is 4.74 Å². The lowest BCUT2D eigenvalue weighted by Gasteiger charge is -2.12. The number of benzene rings is 2. The number of para-hydroxylation sites is 1. The summed E-state index contributed by atoms with van der Waals surface area (Å²) in [6.45, 7) is 0.177. The predicted molar refractivity (Wildman–Crippen MR) is 114 cm³/mol. The maximum atomic E-state index is 13.3.